The van der Waals surface area contributed by atoms with E-state index in [1.165, 1.54) is 4.90 Å². The topological polar surface area (TPSA) is 72.6 Å². The van der Waals surface area contributed by atoms with Gasteiger partial charge in [0, 0.05) is 32.3 Å². The van der Waals surface area contributed by atoms with E-state index in [1.807, 2.05) is 0 Å². The van der Waals surface area contributed by atoms with Crippen LogP contribution in [0.15, 0.2) is 12.1 Å². The summed E-state index contributed by atoms with van der Waals surface area (Å²) < 4.78 is 30.7. The third kappa shape index (κ3) is 4.18. The molecule has 0 saturated carbocycles. The van der Waals surface area contributed by atoms with Gasteiger partial charge in [-0.3, -0.25) is 4.79 Å². The van der Waals surface area contributed by atoms with Crippen molar-refractivity contribution in [3.8, 4) is 0 Å². The first-order chi connectivity index (χ1) is 9.32. The molecule has 0 bridgehead atoms. The average molecular weight is 286 g/mol. The SMILES string of the molecule is CN(C)C(=O)CCCOC(=O)c1cc(F)c(F)cc1N. The van der Waals surface area contributed by atoms with E-state index in [1.54, 1.807) is 14.1 Å². The van der Waals surface area contributed by atoms with Crippen LogP contribution in [0.5, 0.6) is 0 Å². The van der Waals surface area contributed by atoms with Gasteiger partial charge in [-0.25, -0.2) is 13.6 Å². The Balaban J connectivity index is 2.52. The van der Waals surface area contributed by atoms with Crippen LogP contribution in [0.1, 0.15) is 23.2 Å². The highest BCUT2D eigenvalue weighted by Crippen LogP contribution is 2.18. The molecule has 0 aliphatic rings. The maximum absolute atomic E-state index is 13.0. The van der Waals surface area contributed by atoms with E-state index in [0.717, 1.165) is 6.07 Å². The molecule has 1 rings (SSSR count). The van der Waals surface area contributed by atoms with Crippen molar-refractivity contribution in [2.75, 3.05) is 26.4 Å². The van der Waals surface area contributed by atoms with Crippen molar-refractivity contribution < 1.29 is 23.1 Å². The highest BCUT2D eigenvalue weighted by molar-refractivity contribution is 5.95. The van der Waals surface area contributed by atoms with E-state index < -0.39 is 17.6 Å². The largest absolute Gasteiger partial charge is 0.462 e. The van der Waals surface area contributed by atoms with Crippen molar-refractivity contribution in [2.45, 2.75) is 12.8 Å². The first-order valence-electron chi connectivity index (χ1n) is 5.94. The van der Waals surface area contributed by atoms with Crippen molar-refractivity contribution in [2.24, 2.45) is 0 Å². The molecule has 0 radical (unpaired) electrons. The molecule has 0 heterocycles. The zero-order valence-corrected chi connectivity index (χ0v) is 11.3. The Hall–Kier alpha value is -2.18. The fraction of sp³-hybridized carbons (Fsp3) is 0.385. The fourth-order valence-corrected chi connectivity index (χ4v) is 1.43. The monoisotopic (exact) mass is 286 g/mol. The number of anilines is 1. The number of hydrogen-bond acceptors (Lipinski definition) is 4. The third-order valence-corrected chi connectivity index (χ3v) is 2.58. The molecule has 0 aromatic heterocycles. The number of carbonyl (C=O) groups is 2. The highest BCUT2D eigenvalue weighted by Gasteiger charge is 2.15. The van der Waals surface area contributed by atoms with Gasteiger partial charge in [0.1, 0.15) is 0 Å². The van der Waals surface area contributed by atoms with E-state index in [0.29, 0.717) is 12.5 Å². The smallest absolute Gasteiger partial charge is 0.340 e. The number of carbonyl (C=O) groups excluding carboxylic acids is 2. The molecule has 1 aromatic rings. The number of nitrogens with two attached hydrogens (primary N) is 1. The number of ether oxygens (including phenoxy) is 1. The van der Waals surface area contributed by atoms with Gasteiger partial charge < -0.3 is 15.4 Å². The zero-order chi connectivity index (χ0) is 15.3. The normalized spacial score (nSPS) is 10.2. The second kappa shape index (κ2) is 6.83. The summed E-state index contributed by atoms with van der Waals surface area (Å²) in [5, 5.41) is 0. The van der Waals surface area contributed by atoms with Crippen LogP contribution in [-0.2, 0) is 9.53 Å². The van der Waals surface area contributed by atoms with Crippen LogP contribution < -0.4 is 5.73 Å². The molecular weight excluding hydrogens is 270 g/mol. The lowest BCUT2D eigenvalue weighted by Gasteiger charge is -2.10. The van der Waals surface area contributed by atoms with Crippen LogP contribution in [0.3, 0.4) is 0 Å². The molecule has 1 amide bonds. The quantitative estimate of drug-likeness (QED) is 0.506. The predicted molar refractivity (Wildman–Crippen MR) is 69.0 cm³/mol. The van der Waals surface area contributed by atoms with E-state index >= 15 is 0 Å². The molecule has 0 fully saturated rings. The zero-order valence-electron chi connectivity index (χ0n) is 11.3. The Morgan fingerprint density at radius 3 is 2.45 bits per heavy atom. The van der Waals surface area contributed by atoms with Crippen molar-refractivity contribution in [3.05, 3.63) is 29.3 Å². The van der Waals surface area contributed by atoms with Crippen LogP contribution in [0.25, 0.3) is 0 Å². The Kier molecular flexibility index (Phi) is 5.42. The minimum Gasteiger partial charge on any atom is -0.462 e. The number of rotatable bonds is 5. The molecule has 20 heavy (non-hydrogen) atoms. The molecular formula is C13H16F2N2O3. The first-order valence-corrected chi connectivity index (χ1v) is 5.94. The Morgan fingerprint density at radius 2 is 1.85 bits per heavy atom. The molecule has 1 aromatic carbocycles. The second-order valence-electron chi connectivity index (χ2n) is 4.38. The van der Waals surface area contributed by atoms with E-state index in [9.17, 15) is 18.4 Å². The van der Waals surface area contributed by atoms with Gasteiger partial charge in [0.15, 0.2) is 11.6 Å². The van der Waals surface area contributed by atoms with Crippen molar-refractivity contribution >= 4 is 17.6 Å². The summed E-state index contributed by atoms with van der Waals surface area (Å²) in [4.78, 5) is 24.3. The summed E-state index contributed by atoms with van der Waals surface area (Å²) in [5.41, 5.74) is 4.99. The number of esters is 1. The van der Waals surface area contributed by atoms with Crippen LogP contribution in [0.2, 0.25) is 0 Å². The second-order valence-corrected chi connectivity index (χ2v) is 4.38. The van der Waals surface area contributed by atoms with Gasteiger partial charge in [0.2, 0.25) is 5.91 Å². The first kappa shape index (κ1) is 15.9. The molecule has 7 heteroatoms. The van der Waals surface area contributed by atoms with Gasteiger partial charge >= 0.3 is 5.97 Å². The lowest BCUT2D eigenvalue weighted by Crippen LogP contribution is -2.21. The molecule has 5 nitrogen and oxygen atoms in total. The van der Waals surface area contributed by atoms with Gasteiger partial charge in [-0.05, 0) is 12.5 Å². The Labute approximate surface area is 115 Å². The highest BCUT2D eigenvalue weighted by atomic mass is 19.2. The van der Waals surface area contributed by atoms with Crippen LogP contribution >= 0.6 is 0 Å². The summed E-state index contributed by atoms with van der Waals surface area (Å²) in [6.45, 7) is -0.00313. The molecule has 0 unspecified atom stereocenters. The van der Waals surface area contributed by atoms with Crippen LogP contribution in [-0.4, -0.2) is 37.5 Å². The number of hydrogen-bond donors (Lipinski definition) is 1. The number of nitrogens with zero attached hydrogens (tertiary/aromatic N) is 1. The molecule has 110 valence electrons. The molecule has 0 aliphatic heterocycles. The van der Waals surface area contributed by atoms with Gasteiger partial charge in [-0.1, -0.05) is 0 Å². The summed E-state index contributed by atoms with van der Waals surface area (Å²) >= 11 is 0. The molecule has 0 spiro atoms. The van der Waals surface area contributed by atoms with E-state index in [4.69, 9.17) is 10.5 Å². The van der Waals surface area contributed by atoms with Crippen molar-refractivity contribution in [3.63, 3.8) is 0 Å². The Bertz CT molecular complexity index is 519. The predicted octanol–water partition coefficient (Wildman–Crippen LogP) is 1.57. The standard InChI is InChI=1S/C13H16F2N2O3/c1-17(2)12(18)4-3-5-20-13(19)8-6-9(14)10(15)7-11(8)16/h6-7H,3-5,16H2,1-2H3. The lowest BCUT2D eigenvalue weighted by atomic mass is 10.1. The molecule has 0 aliphatic carbocycles. The number of amides is 1. The van der Waals surface area contributed by atoms with Crippen LogP contribution in [0.4, 0.5) is 14.5 Å². The van der Waals surface area contributed by atoms with E-state index in [-0.39, 0.29) is 30.2 Å². The van der Waals surface area contributed by atoms with Crippen LogP contribution in [0, 0.1) is 11.6 Å². The number of benzene rings is 1. The molecule has 2 N–H and O–H groups in total. The lowest BCUT2D eigenvalue weighted by molar-refractivity contribution is -0.128. The molecule has 0 saturated heterocycles. The van der Waals surface area contributed by atoms with Gasteiger partial charge in [-0.15, -0.1) is 0 Å². The van der Waals surface area contributed by atoms with E-state index in [2.05, 4.69) is 0 Å². The van der Waals surface area contributed by atoms with Crippen molar-refractivity contribution in [1.29, 1.82) is 0 Å². The molecule has 0 atom stereocenters. The minimum atomic E-state index is -1.17. The maximum Gasteiger partial charge on any atom is 0.340 e. The third-order valence-electron chi connectivity index (χ3n) is 2.58. The van der Waals surface area contributed by atoms with Gasteiger partial charge in [0.05, 0.1) is 12.2 Å². The number of halogens is 2. The van der Waals surface area contributed by atoms with Crippen molar-refractivity contribution in [1.82, 2.24) is 4.90 Å². The summed E-state index contributed by atoms with van der Waals surface area (Å²) in [7, 11) is 3.24. The maximum atomic E-state index is 13.0. The number of nitrogen functional groups attached to an aromatic ring is 1. The fourth-order valence-electron chi connectivity index (χ4n) is 1.43. The summed E-state index contributed by atoms with van der Waals surface area (Å²) in [5.74, 6) is -3.24. The minimum absolute atomic E-state index is 0.00313. The summed E-state index contributed by atoms with van der Waals surface area (Å²) in [6, 6.07) is 1.42. The van der Waals surface area contributed by atoms with Gasteiger partial charge in [-0.2, -0.15) is 0 Å². The summed E-state index contributed by atoms with van der Waals surface area (Å²) in [6.07, 6.45) is 0.569. The van der Waals surface area contributed by atoms with Gasteiger partial charge in [0.25, 0.3) is 0 Å². The average Bonchev–Trinajstić information content (AvgIpc) is 2.38. The Morgan fingerprint density at radius 1 is 1.25 bits per heavy atom.